The molecule has 2 aromatic carbocycles. The van der Waals surface area contributed by atoms with E-state index in [0.29, 0.717) is 6.04 Å². The summed E-state index contributed by atoms with van der Waals surface area (Å²) < 4.78 is 0. The van der Waals surface area contributed by atoms with Crippen LogP contribution in [0.5, 0.6) is 0 Å². The lowest BCUT2D eigenvalue weighted by Gasteiger charge is -2.34. The first-order valence-electron chi connectivity index (χ1n) is 9.87. The lowest BCUT2D eigenvalue weighted by Crippen LogP contribution is -3.28. The van der Waals surface area contributed by atoms with Gasteiger partial charge in [0.1, 0.15) is 32.7 Å². The number of hydrogen-bond donors (Lipinski definition) is 3. The Hall–Kier alpha value is -2.17. The van der Waals surface area contributed by atoms with Gasteiger partial charge < -0.3 is 15.1 Å². The summed E-state index contributed by atoms with van der Waals surface area (Å²) in [5.74, 6) is 0.209. The van der Waals surface area contributed by atoms with E-state index in [9.17, 15) is 4.79 Å². The van der Waals surface area contributed by atoms with Crippen LogP contribution in [0.25, 0.3) is 0 Å². The molecule has 2 aromatic rings. The van der Waals surface area contributed by atoms with Crippen molar-refractivity contribution in [1.82, 2.24) is 5.32 Å². The number of carbonyl (C=O) groups is 1. The van der Waals surface area contributed by atoms with Crippen LogP contribution in [0.2, 0.25) is 0 Å². The molecule has 0 aromatic heterocycles. The van der Waals surface area contributed by atoms with Gasteiger partial charge in [-0.2, -0.15) is 0 Å². The molecule has 2 fully saturated rings. The van der Waals surface area contributed by atoms with Gasteiger partial charge in [0, 0.05) is 17.2 Å². The molecule has 1 saturated heterocycles. The van der Waals surface area contributed by atoms with Crippen LogP contribution in [-0.4, -0.2) is 38.1 Å². The Morgan fingerprint density at radius 1 is 0.923 bits per heavy atom. The Morgan fingerprint density at radius 2 is 1.54 bits per heavy atom. The molecule has 4 nitrogen and oxygen atoms in total. The maximum absolute atomic E-state index is 12.9. The quantitative estimate of drug-likeness (QED) is 0.673. The SMILES string of the molecule is O=C(NC1CC1)[C@H](c1ccccc1)[NH+]1CC[NH+](Cc2ccccc2)CC1. The Kier molecular flexibility index (Phi) is 5.32. The van der Waals surface area contributed by atoms with Crippen LogP contribution in [0.1, 0.15) is 30.0 Å². The molecule has 1 amide bonds. The second kappa shape index (κ2) is 8.02. The zero-order chi connectivity index (χ0) is 17.8. The van der Waals surface area contributed by atoms with Crippen LogP contribution < -0.4 is 15.1 Å². The van der Waals surface area contributed by atoms with Crippen molar-refractivity contribution in [2.24, 2.45) is 0 Å². The van der Waals surface area contributed by atoms with E-state index in [-0.39, 0.29) is 11.9 Å². The lowest BCUT2D eigenvalue weighted by atomic mass is 10.0. The van der Waals surface area contributed by atoms with Gasteiger partial charge in [0.25, 0.3) is 5.91 Å². The van der Waals surface area contributed by atoms with E-state index in [4.69, 9.17) is 0 Å². The van der Waals surface area contributed by atoms with Gasteiger partial charge in [-0.3, -0.25) is 4.79 Å². The van der Waals surface area contributed by atoms with E-state index >= 15 is 0 Å². The minimum atomic E-state index is -0.0740. The first kappa shape index (κ1) is 17.3. The fraction of sp³-hybridized carbons (Fsp3) is 0.409. The Morgan fingerprint density at radius 3 is 2.15 bits per heavy atom. The highest BCUT2D eigenvalue weighted by atomic mass is 16.2. The molecular weight excluding hydrogens is 322 g/mol. The van der Waals surface area contributed by atoms with Crippen LogP contribution >= 0.6 is 0 Å². The van der Waals surface area contributed by atoms with Gasteiger partial charge in [0.15, 0.2) is 6.04 Å². The average Bonchev–Trinajstić information content (AvgIpc) is 3.49. The minimum absolute atomic E-state index is 0.0740. The highest BCUT2D eigenvalue weighted by Crippen LogP contribution is 2.20. The third-order valence-corrected chi connectivity index (χ3v) is 5.62. The summed E-state index contributed by atoms with van der Waals surface area (Å²) in [5.41, 5.74) is 2.55. The van der Waals surface area contributed by atoms with Gasteiger partial charge >= 0.3 is 0 Å². The number of piperazine rings is 1. The largest absolute Gasteiger partial charge is 0.348 e. The molecule has 3 N–H and O–H groups in total. The van der Waals surface area contributed by atoms with Gasteiger partial charge in [0.2, 0.25) is 0 Å². The van der Waals surface area contributed by atoms with E-state index in [1.165, 1.54) is 10.5 Å². The van der Waals surface area contributed by atoms with E-state index in [1.807, 2.05) is 18.2 Å². The van der Waals surface area contributed by atoms with Crippen LogP contribution in [-0.2, 0) is 11.3 Å². The van der Waals surface area contributed by atoms with Crippen molar-refractivity contribution in [3.8, 4) is 0 Å². The molecule has 0 bridgehead atoms. The fourth-order valence-corrected chi connectivity index (χ4v) is 4.00. The number of carbonyl (C=O) groups excluding carboxylic acids is 1. The summed E-state index contributed by atoms with van der Waals surface area (Å²) in [7, 11) is 0. The van der Waals surface area contributed by atoms with Gasteiger partial charge in [-0.05, 0) is 12.8 Å². The third-order valence-electron chi connectivity index (χ3n) is 5.62. The van der Waals surface area contributed by atoms with Gasteiger partial charge in [-0.25, -0.2) is 0 Å². The zero-order valence-electron chi connectivity index (χ0n) is 15.3. The normalized spacial score (nSPS) is 24.0. The van der Waals surface area contributed by atoms with Gasteiger partial charge in [-0.15, -0.1) is 0 Å². The molecule has 1 aliphatic carbocycles. The molecular formula is C22H29N3O+2. The highest BCUT2D eigenvalue weighted by molar-refractivity contribution is 5.82. The summed E-state index contributed by atoms with van der Waals surface area (Å²) in [6.07, 6.45) is 2.27. The number of quaternary nitrogens is 2. The van der Waals surface area contributed by atoms with Crippen molar-refractivity contribution in [1.29, 1.82) is 0 Å². The Labute approximate surface area is 155 Å². The van der Waals surface area contributed by atoms with Gasteiger partial charge in [-0.1, -0.05) is 60.7 Å². The van der Waals surface area contributed by atoms with Crippen molar-refractivity contribution in [3.63, 3.8) is 0 Å². The predicted molar refractivity (Wildman–Crippen MR) is 102 cm³/mol. The van der Waals surface area contributed by atoms with Crippen molar-refractivity contribution in [2.75, 3.05) is 26.2 Å². The van der Waals surface area contributed by atoms with Crippen LogP contribution in [0, 0.1) is 0 Å². The first-order chi connectivity index (χ1) is 12.8. The van der Waals surface area contributed by atoms with Crippen molar-refractivity contribution in [3.05, 3.63) is 71.8 Å². The summed E-state index contributed by atoms with van der Waals surface area (Å²) in [4.78, 5) is 16.0. The van der Waals surface area contributed by atoms with Crippen LogP contribution in [0.15, 0.2) is 60.7 Å². The molecule has 1 aliphatic heterocycles. The lowest BCUT2D eigenvalue weighted by molar-refractivity contribution is -1.03. The summed E-state index contributed by atoms with van der Waals surface area (Å²) in [6.45, 7) is 5.40. The Bertz CT molecular complexity index is 707. The molecule has 0 radical (unpaired) electrons. The predicted octanol–water partition coefficient (Wildman–Crippen LogP) is -0.0101. The second-order valence-corrected chi connectivity index (χ2v) is 7.70. The van der Waals surface area contributed by atoms with E-state index in [0.717, 1.165) is 51.1 Å². The van der Waals surface area contributed by atoms with E-state index in [1.54, 1.807) is 4.90 Å². The third kappa shape index (κ3) is 4.32. The molecule has 1 heterocycles. The topological polar surface area (TPSA) is 38.0 Å². The van der Waals surface area contributed by atoms with Crippen molar-refractivity contribution < 1.29 is 14.6 Å². The number of hydrogen-bond acceptors (Lipinski definition) is 1. The monoisotopic (exact) mass is 351 g/mol. The number of benzene rings is 2. The average molecular weight is 351 g/mol. The van der Waals surface area contributed by atoms with Crippen LogP contribution in [0.4, 0.5) is 0 Å². The summed E-state index contributed by atoms with van der Waals surface area (Å²) in [6, 6.07) is 21.4. The molecule has 4 rings (SSSR count). The van der Waals surface area contributed by atoms with Crippen LogP contribution in [0.3, 0.4) is 0 Å². The number of amides is 1. The standard InChI is InChI=1S/C22H27N3O/c26-22(23-20-11-12-20)21(19-9-5-2-6-10-19)25-15-13-24(14-16-25)17-18-7-3-1-4-8-18/h1-10,20-21H,11-17H2,(H,23,26)/p+2/t21-/m0/s1. The van der Waals surface area contributed by atoms with Crippen molar-refractivity contribution >= 4 is 5.91 Å². The number of rotatable bonds is 6. The molecule has 26 heavy (non-hydrogen) atoms. The molecule has 136 valence electrons. The van der Waals surface area contributed by atoms with Gasteiger partial charge in [0.05, 0.1) is 0 Å². The summed E-state index contributed by atoms with van der Waals surface area (Å²) in [5, 5.41) is 3.23. The van der Waals surface area contributed by atoms with E-state index in [2.05, 4.69) is 47.8 Å². The maximum atomic E-state index is 12.9. The number of nitrogens with one attached hydrogen (secondary N) is 3. The molecule has 0 spiro atoms. The molecule has 2 aliphatic rings. The minimum Gasteiger partial charge on any atom is -0.348 e. The fourth-order valence-electron chi connectivity index (χ4n) is 4.00. The molecule has 4 heteroatoms. The smallest absolute Gasteiger partial charge is 0.283 e. The maximum Gasteiger partial charge on any atom is 0.283 e. The van der Waals surface area contributed by atoms with Crippen molar-refractivity contribution in [2.45, 2.75) is 31.5 Å². The first-order valence-corrected chi connectivity index (χ1v) is 9.87. The summed E-state index contributed by atoms with van der Waals surface area (Å²) >= 11 is 0. The second-order valence-electron chi connectivity index (χ2n) is 7.70. The van der Waals surface area contributed by atoms with E-state index < -0.39 is 0 Å². The molecule has 1 saturated carbocycles. The Balaban J connectivity index is 1.41. The molecule has 1 atom stereocenters. The highest BCUT2D eigenvalue weighted by Gasteiger charge is 2.37. The zero-order valence-corrected chi connectivity index (χ0v) is 15.3. The molecule has 0 unspecified atom stereocenters.